The Morgan fingerprint density at radius 3 is 2.85 bits per heavy atom. The fraction of sp³-hybridized carbons (Fsp3) is 0.0833. The Bertz CT molecular complexity index is 687. The Morgan fingerprint density at radius 2 is 2.20 bits per heavy atom. The molecule has 2 aromatic rings. The molecule has 0 atom stereocenters. The van der Waals surface area contributed by atoms with Gasteiger partial charge in [-0.3, -0.25) is 19.9 Å². The molecule has 0 saturated heterocycles. The highest BCUT2D eigenvalue weighted by atomic mass is 16.6. The van der Waals surface area contributed by atoms with Crippen molar-refractivity contribution < 1.29 is 9.72 Å². The smallest absolute Gasteiger partial charge is 0.300 e. The van der Waals surface area contributed by atoms with Gasteiger partial charge >= 0.3 is 0 Å². The minimum absolute atomic E-state index is 0.0312. The highest BCUT2D eigenvalue weighted by Crippen LogP contribution is 2.21. The number of anilines is 2. The van der Waals surface area contributed by atoms with Gasteiger partial charge in [0.15, 0.2) is 0 Å². The molecule has 8 heteroatoms. The van der Waals surface area contributed by atoms with E-state index in [0.717, 1.165) is 11.8 Å². The van der Waals surface area contributed by atoms with Crippen molar-refractivity contribution in [2.75, 3.05) is 11.1 Å². The predicted octanol–water partition coefficient (Wildman–Crippen LogP) is 1.53. The summed E-state index contributed by atoms with van der Waals surface area (Å²) in [7, 11) is 0. The van der Waals surface area contributed by atoms with E-state index in [1.807, 2.05) is 0 Å². The third-order valence-electron chi connectivity index (χ3n) is 2.63. The summed E-state index contributed by atoms with van der Waals surface area (Å²) in [4.78, 5) is 29.8. The van der Waals surface area contributed by atoms with Gasteiger partial charge in [-0.1, -0.05) is 0 Å². The van der Waals surface area contributed by atoms with E-state index in [4.69, 9.17) is 5.73 Å². The topological polar surface area (TPSA) is 124 Å². The SMILES string of the molecule is Cc1ccncc1NC(=O)c1cc(N)ncc1[N+](=O)[O-]. The molecule has 20 heavy (non-hydrogen) atoms. The van der Waals surface area contributed by atoms with Crippen LogP contribution in [0.3, 0.4) is 0 Å². The second kappa shape index (κ2) is 5.31. The highest BCUT2D eigenvalue weighted by molar-refractivity contribution is 6.07. The number of carbonyl (C=O) groups excluding carboxylic acids is 1. The lowest BCUT2D eigenvalue weighted by Gasteiger charge is -2.08. The molecule has 0 fully saturated rings. The van der Waals surface area contributed by atoms with Gasteiger partial charge in [-0.2, -0.15) is 0 Å². The van der Waals surface area contributed by atoms with Gasteiger partial charge < -0.3 is 11.1 Å². The largest absolute Gasteiger partial charge is 0.384 e. The maximum Gasteiger partial charge on any atom is 0.300 e. The number of nitrogens with two attached hydrogens (primary N) is 1. The van der Waals surface area contributed by atoms with Crippen LogP contribution in [-0.2, 0) is 0 Å². The van der Waals surface area contributed by atoms with Crippen molar-refractivity contribution in [3.63, 3.8) is 0 Å². The zero-order valence-corrected chi connectivity index (χ0v) is 10.5. The van der Waals surface area contributed by atoms with E-state index in [9.17, 15) is 14.9 Å². The van der Waals surface area contributed by atoms with Crippen LogP contribution < -0.4 is 11.1 Å². The van der Waals surface area contributed by atoms with E-state index >= 15 is 0 Å². The second-order valence-electron chi connectivity index (χ2n) is 4.03. The number of aryl methyl sites for hydroxylation is 1. The number of aromatic nitrogens is 2. The molecule has 0 aliphatic rings. The number of nitro groups is 1. The second-order valence-corrected chi connectivity index (χ2v) is 4.03. The lowest BCUT2D eigenvalue weighted by atomic mass is 10.2. The van der Waals surface area contributed by atoms with Crippen molar-refractivity contribution in [3.05, 3.63) is 52.0 Å². The average Bonchev–Trinajstić information content (AvgIpc) is 2.40. The molecule has 0 bridgehead atoms. The lowest BCUT2D eigenvalue weighted by Crippen LogP contribution is -2.15. The van der Waals surface area contributed by atoms with Crippen molar-refractivity contribution in [1.82, 2.24) is 9.97 Å². The number of rotatable bonds is 3. The molecule has 0 spiro atoms. The molecular formula is C12H11N5O3. The molecule has 0 aliphatic heterocycles. The fourth-order valence-electron chi connectivity index (χ4n) is 1.58. The molecule has 0 aromatic carbocycles. The molecule has 0 aliphatic carbocycles. The third-order valence-corrected chi connectivity index (χ3v) is 2.63. The molecule has 2 rings (SSSR count). The van der Waals surface area contributed by atoms with Crippen LogP contribution in [0.25, 0.3) is 0 Å². The number of nitrogen functional groups attached to an aromatic ring is 1. The number of nitrogens with one attached hydrogen (secondary N) is 1. The normalized spacial score (nSPS) is 10.1. The van der Waals surface area contributed by atoms with E-state index in [0.29, 0.717) is 5.69 Å². The maximum absolute atomic E-state index is 12.1. The zero-order chi connectivity index (χ0) is 14.7. The lowest BCUT2D eigenvalue weighted by molar-refractivity contribution is -0.385. The van der Waals surface area contributed by atoms with Crippen molar-refractivity contribution in [3.8, 4) is 0 Å². The fourth-order valence-corrected chi connectivity index (χ4v) is 1.58. The summed E-state index contributed by atoms with van der Waals surface area (Å²) in [5.41, 5.74) is 6.17. The van der Waals surface area contributed by atoms with Crippen LogP contribution in [0, 0.1) is 17.0 Å². The van der Waals surface area contributed by atoms with E-state index in [1.54, 1.807) is 19.2 Å². The number of pyridine rings is 2. The average molecular weight is 273 g/mol. The highest BCUT2D eigenvalue weighted by Gasteiger charge is 2.21. The Kier molecular flexibility index (Phi) is 3.56. The van der Waals surface area contributed by atoms with Crippen LogP contribution in [0.1, 0.15) is 15.9 Å². The summed E-state index contributed by atoms with van der Waals surface area (Å²) >= 11 is 0. The Morgan fingerprint density at radius 1 is 1.45 bits per heavy atom. The van der Waals surface area contributed by atoms with Gasteiger partial charge in [0, 0.05) is 6.20 Å². The number of nitrogens with zero attached hydrogens (tertiary/aromatic N) is 3. The van der Waals surface area contributed by atoms with Gasteiger partial charge in [0.1, 0.15) is 17.6 Å². The number of amides is 1. The van der Waals surface area contributed by atoms with Crippen LogP contribution >= 0.6 is 0 Å². The van der Waals surface area contributed by atoms with Crippen LogP contribution in [-0.4, -0.2) is 20.8 Å². The summed E-state index contributed by atoms with van der Waals surface area (Å²) in [6.45, 7) is 1.78. The number of hydrogen-bond acceptors (Lipinski definition) is 6. The Labute approximate surface area is 113 Å². The van der Waals surface area contributed by atoms with Crippen LogP contribution in [0.2, 0.25) is 0 Å². The van der Waals surface area contributed by atoms with Crippen molar-refractivity contribution in [1.29, 1.82) is 0 Å². The Balaban J connectivity index is 2.37. The first-order chi connectivity index (χ1) is 9.49. The number of carbonyl (C=O) groups is 1. The van der Waals surface area contributed by atoms with E-state index < -0.39 is 16.5 Å². The summed E-state index contributed by atoms with van der Waals surface area (Å²) in [5.74, 6) is -0.606. The summed E-state index contributed by atoms with van der Waals surface area (Å²) in [6, 6.07) is 2.88. The van der Waals surface area contributed by atoms with Crippen molar-refractivity contribution in [2.24, 2.45) is 0 Å². The van der Waals surface area contributed by atoms with Gasteiger partial charge in [-0.15, -0.1) is 0 Å². The number of hydrogen-bond donors (Lipinski definition) is 2. The quantitative estimate of drug-likeness (QED) is 0.645. The Hall–Kier alpha value is -3.03. The van der Waals surface area contributed by atoms with Crippen molar-refractivity contribution >= 4 is 23.1 Å². The maximum atomic E-state index is 12.1. The van der Waals surface area contributed by atoms with Gasteiger partial charge in [0.05, 0.1) is 16.8 Å². The molecule has 0 unspecified atom stereocenters. The molecule has 3 N–H and O–H groups in total. The molecule has 0 radical (unpaired) electrons. The van der Waals surface area contributed by atoms with Gasteiger partial charge in [0.25, 0.3) is 11.6 Å². The standard InChI is InChI=1S/C12H11N5O3/c1-7-2-3-14-5-9(7)16-12(18)8-4-11(13)15-6-10(8)17(19)20/h2-6H,1H3,(H2,13,15)(H,16,18). The zero-order valence-electron chi connectivity index (χ0n) is 10.5. The van der Waals surface area contributed by atoms with Crippen LogP contribution in [0.4, 0.5) is 17.2 Å². The molecule has 102 valence electrons. The molecule has 0 saturated carbocycles. The first-order valence-electron chi connectivity index (χ1n) is 5.61. The summed E-state index contributed by atoms with van der Waals surface area (Å²) in [6.07, 6.45) is 4.00. The molecule has 2 aromatic heterocycles. The molecule has 2 heterocycles. The first kappa shape index (κ1) is 13.4. The minimum atomic E-state index is -0.683. The predicted molar refractivity (Wildman–Crippen MR) is 72.2 cm³/mol. The van der Waals surface area contributed by atoms with Gasteiger partial charge in [0.2, 0.25) is 0 Å². The van der Waals surface area contributed by atoms with Crippen LogP contribution in [0.15, 0.2) is 30.7 Å². The summed E-state index contributed by atoms with van der Waals surface area (Å²) in [5, 5.41) is 13.4. The van der Waals surface area contributed by atoms with Crippen molar-refractivity contribution in [2.45, 2.75) is 6.92 Å². The van der Waals surface area contributed by atoms with E-state index in [-0.39, 0.29) is 11.4 Å². The van der Waals surface area contributed by atoms with Gasteiger partial charge in [-0.25, -0.2) is 4.98 Å². The summed E-state index contributed by atoms with van der Waals surface area (Å²) < 4.78 is 0. The minimum Gasteiger partial charge on any atom is -0.384 e. The van der Waals surface area contributed by atoms with E-state index in [2.05, 4.69) is 15.3 Å². The van der Waals surface area contributed by atoms with Gasteiger partial charge in [-0.05, 0) is 24.6 Å². The first-order valence-corrected chi connectivity index (χ1v) is 5.61. The molecule has 1 amide bonds. The molecular weight excluding hydrogens is 262 g/mol. The monoisotopic (exact) mass is 273 g/mol. The third kappa shape index (κ3) is 2.69. The van der Waals surface area contributed by atoms with Crippen LogP contribution in [0.5, 0.6) is 0 Å². The van der Waals surface area contributed by atoms with E-state index in [1.165, 1.54) is 12.3 Å². The molecule has 8 nitrogen and oxygen atoms in total.